The first-order chi connectivity index (χ1) is 9.66. The molecule has 0 unspecified atom stereocenters. The maximum Gasteiger partial charge on any atom is 0.327 e. The first kappa shape index (κ1) is 13.1. The normalized spacial score (nSPS) is 26.6. The zero-order chi connectivity index (χ0) is 14.1. The van der Waals surface area contributed by atoms with Crippen molar-refractivity contribution >= 4 is 11.9 Å². The molecule has 20 heavy (non-hydrogen) atoms. The molecule has 2 heterocycles. The molecule has 1 aromatic carbocycles. The fraction of sp³-hybridized carbons (Fsp3) is 0.467. The first-order valence-corrected chi connectivity index (χ1v) is 7.07. The molecule has 2 aliphatic rings. The van der Waals surface area contributed by atoms with Gasteiger partial charge < -0.3 is 10.6 Å². The summed E-state index contributed by atoms with van der Waals surface area (Å²) in [5, 5.41) is 0. The second-order valence-electron chi connectivity index (χ2n) is 5.52. The van der Waals surface area contributed by atoms with Crippen LogP contribution in [0.25, 0.3) is 0 Å². The Kier molecular flexibility index (Phi) is 3.44. The number of benzene rings is 1. The van der Waals surface area contributed by atoms with Gasteiger partial charge in [0.25, 0.3) is 0 Å². The lowest BCUT2D eigenvalue weighted by Crippen LogP contribution is -2.63. The molecule has 5 nitrogen and oxygen atoms in total. The van der Waals surface area contributed by atoms with E-state index in [1.807, 2.05) is 30.3 Å². The number of imide groups is 1. The predicted octanol–water partition coefficient (Wildman–Crippen LogP) is 1.33. The molecule has 2 fully saturated rings. The summed E-state index contributed by atoms with van der Waals surface area (Å²) in [6.45, 7) is 1.05. The Bertz CT molecular complexity index is 517. The molecule has 2 saturated heterocycles. The zero-order valence-corrected chi connectivity index (χ0v) is 11.4. The van der Waals surface area contributed by atoms with E-state index in [2.05, 4.69) is 0 Å². The number of hydrogen-bond donors (Lipinski definition) is 1. The van der Waals surface area contributed by atoms with Gasteiger partial charge in [-0.3, -0.25) is 9.69 Å². The van der Waals surface area contributed by atoms with E-state index in [9.17, 15) is 9.59 Å². The molecule has 0 radical (unpaired) electrons. The number of piperidine rings is 1. The van der Waals surface area contributed by atoms with Crippen LogP contribution in [-0.4, -0.2) is 40.4 Å². The smallest absolute Gasteiger partial charge is 0.326 e. The molecule has 1 aromatic rings. The summed E-state index contributed by atoms with van der Waals surface area (Å²) in [6.07, 6.45) is 2.15. The first-order valence-electron chi connectivity index (χ1n) is 7.07. The number of carbonyl (C=O) groups is 2. The van der Waals surface area contributed by atoms with Crippen LogP contribution >= 0.6 is 0 Å². The number of amides is 3. The van der Waals surface area contributed by atoms with Crippen molar-refractivity contribution in [3.8, 4) is 0 Å². The number of rotatable bonds is 2. The summed E-state index contributed by atoms with van der Waals surface area (Å²) < 4.78 is 0. The summed E-state index contributed by atoms with van der Waals surface area (Å²) >= 11 is 0. The van der Waals surface area contributed by atoms with Crippen LogP contribution < -0.4 is 5.73 Å². The maximum atomic E-state index is 12.5. The minimum absolute atomic E-state index is 0.0736. The van der Waals surface area contributed by atoms with Gasteiger partial charge in [0.15, 0.2) is 0 Å². The van der Waals surface area contributed by atoms with Gasteiger partial charge in [-0.15, -0.1) is 0 Å². The molecule has 106 valence electrons. The van der Waals surface area contributed by atoms with Crippen LogP contribution in [0.3, 0.4) is 0 Å². The molecule has 2 atom stereocenters. The minimum atomic E-state index is -0.190. The Balaban J connectivity index is 1.79. The monoisotopic (exact) mass is 273 g/mol. The van der Waals surface area contributed by atoms with Gasteiger partial charge in [-0.05, 0) is 18.4 Å². The summed E-state index contributed by atoms with van der Waals surface area (Å²) in [5.41, 5.74) is 7.01. The number of nitrogens with two attached hydrogens (primary N) is 1. The molecule has 0 aromatic heterocycles. The Morgan fingerprint density at radius 2 is 1.95 bits per heavy atom. The number of carbonyl (C=O) groups excluding carboxylic acids is 2. The molecule has 0 spiro atoms. The Morgan fingerprint density at radius 1 is 1.20 bits per heavy atom. The fourth-order valence-electron chi connectivity index (χ4n) is 3.06. The largest absolute Gasteiger partial charge is 0.327 e. The SMILES string of the molecule is N[C@@H]1CCCN2C(=O)N(Cc3ccccc3)C(=O)C[C@H]12. The quantitative estimate of drug-likeness (QED) is 0.884. The second kappa shape index (κ2) is 5.25. The molecule has 2 N–H and O–H groups in total. The lowest BCUT2D eigenvalue weighted by molar-refractivity contribution is -0.134. The van der Waals surface area contributed by atoms with Crippen LogP contribution in [0.2, 0.25) is 0 Å². The number of hydrogen-bond acceptors (Lipinski definition) is 3. The molecule has 0 saturated carbocycles. The highest BCUT2D eigenvalue weighted by Crippen LogP contribution is 2.26. The van der Waals surface area contributed by atoms with Crippen molar-refractivity contribution in [3.05, 3.63) is 35.9 Å². The highest BCUT2D eigenvalue weighted by atomic mass is 16.2. The van der Waals surface area contributed by atoms with Gasteiger partial charge in [0.1, 0.15) is 0 Å². The highest BCUT2D eigenvalue weighted by molar-refractivity contribution is 5.97. The van der Waals surface area contributed by atoms with Gasteiger partial charge in [0.05, 0.1) is 12.6 Å². The van der Waals surface area contributed by atoms with E-state index in [1.54, 1.807) is 4.90 Å². The fourth-order valence-corrected chi connectivity index (χ4v) is 3.06. The average molecular weight is 273 g/mol. The predicted molar refractivity (Wildman–Crippen MR) is 74.7 cm³/mol. The molecule has 3 rings (SSSR count). The standard InChI is InChI=1S/C15H19N3O2/c16-12-7-4-8-17-13(12)9-14(19)18(15(17)20)10-11-5-2-1-3-6-11/h1-3,5-6,12-13H,4,7-10,16H2/t12-,13-/m1/s1. The lowest BCUT2D eigenvalue weighted by atomic mass is 9.92. The van der Waals surface area contributed by atoms with Gasteiger partial charge in [0.2, 0.25) is 5.91 Å². The van der Waals surface area contributed by atoms with E-state index in [4.69, 9.17) is 5.73 Å². The zero-order valence-electron chi connectivity index (χ0n) is 11.4. The van der Waals surface area contributed by atoms with E-state index in [0.29, 0.717) is 19.5 Å². The summed E-state index contributed by atoms with van der Waals surface area (Å²) in [5.74, 6) is -0.113. The Morgan fingerprint density at radius 3 is 2.70 bits per heavy atom. The lowest BCUT2D eigenvalue weighted by Gasteiger charge is -2.45. The van der Waals surface area contributed by atoms with Crippen molar-refractivity contribution in [2.45, 2.75) is 37.9 Å². The topological polar surface area (TPSA) is 66.6 Å². The summed E-state index contributed by atoms with van der Waals surface area (Å²) in [4.78, 5) is 27.9. The maximum absolute atomic E-state index is 12.5. The summed E-state index contributed by atoms with van der Waals surface area (Å²) in [6, 6.07) is 9.21. The highest BCUT2D eigenvalue weighted by Gasteiger charge is 2.42. The van der Waals surface area contributed by atoms with Crippen molar-refractivity contribution in [2.75, 3.05) is 6.54 Å². The molecular formula is C15H19N3O2. The number of urea groups is 1. The Hall–Kier alpha value is -1.88. The van der Waals surface area contributed by atoms with Crippen LogP contribution in [0.15, 0.2) is 30.3 Å². The van der Waals surface area contributed by atoms with Crippen molar-refractivity contribution in [3.63, 3.8) is 0 Å². The minimum Gasteiger partial charge on any atom is -0.326 e. The molecule has 0 aliphatic carbocycles. The van der Waals surface area contributed by atoms with Gasteiger partial charge in [-0.25, -0.2) is 4.79 Å². The van der Waals surface area contributed by atoms with Crippen LogP contribution in [0, 0.1) is 0 Å². The van der Waals surface area contributed by atoms with Gasteiger partial charge in [0, 0.05) is 19.0 Å². The van der Waals surface area contributed by atoms with E-state index in [1.165, 1.54) is 4.90 Å². The van der Waals surface area contributed by atoms with Crippen molar-refractivity contribution in [2.24, 2.45) is 5.73 Å². The van der Waals surface area contributed by atoms with Crippen LogP contribution in [0.1, 0.15) is 24.8 Å². The van der Waals surface area contributed by atoms with E-state index in [-0.39, 0.29) is 24.0 Å². The van der Waals surface area contributed by atoms with Gasteiger partial charge >= 0.3 is 6.03 Å². The number of fused-ring (bicyclic) bond motifs is 1. The van der Waals surface area contributed by atoms with E-state index < -0.39 is 0 Å². The van der Waals surface area contributed by atoms with Crippen molar-refractivity contribution in [1.29, 1.82) is 0 Å². The van der Waals surface area contributed by atoms with Crippen LogP contribution in [0.5, 0.6) is 0 Å². The summed E-state index contributed by atoms with van der Waals surface area (Å²) in [7, 11) is 0. The van der Waals surface area contributed by atoms with Crippen LogP contribution in [0.4, 0.5) is 4.79 Å². The van der Waals surface area contributed by atoms with Crippen molar-refractivity contribution in [1.82, 2.24) is 9.80 Å². The third-order valence-corrected chi connectivity index (χ3v) is 4.18. The third kappa shape index (κ3) is 2.29. The van der Waals surface area contributed by atoms with Crippen LogP contribution in [-0.2, 0) is 11.3 Å². The second-order valence-corrected chi connectivity index (χ2v) is 5.52. The van der Waals surface area contributed by atoms with E-state index in [0.717, 1.165) is 18.4 Å². The average Bonchev–Trinajstić information content (AvgIpc) is 2.46. The van der Waals surface area contributed by atoms with Gasteiger partial charge in [-0.2, -0.15) is 0 Å². The molecule has 5 heteroatoms. The number of nitrogens with zero attached hydrogens (tertiary/aromatic N) is 2. The Labute approximate surface area is 118 Å². The van der Waals surface area contributed by atoms with Gasteiger partial charge in [-0.1, -0.05) is 30.3 Å². The van der Waals surface area contributed by atoms with Crippen molar-refractivity contribution < 1.29 is 9.59 Å². The molecule has 3 amide bonds. The molecule has 0 bridgehead atoms. The molecular weight excluding hydrogens is 254 g/mol. The van der Waals surface area contributed by atoms with E-state index >= 15 is 0 Å². The molecule has 2 aliphatic heterocycles. The third-order valence-electron chi connectivity index (χ3n) is 4.18.